The quantitative estimate of drug-likeness (QED) is 0.370. The number of anilines is 1. The van der Waals surface area contributed by atoms with Crippen LogP contribution in [0.1, 0.15) is 10.4 Å². The second-order valence-electron chi connectivity index (χ2n) is 5.96. The lowest BCUT2D eigenvalue weighted by molar-refractivity contribution is 0.102. The third kappa shape index (κ3) is 2.56. The first-order chi connectivity index (χ1) is 13.2. The Morgan fingerprint density at radius 3 is 2.81 bits per heavy atom. The van der Waals surface area contributed by atoms with Gasteiger partial charge in [0.1, 0.15) is 28.1 Å². The first-order valence-corrected chi connectivity index (χ1v) is 9.04. The summed E-state index contributed by atoms with van der Waals surface area (Å²) in [6.45, 7) is 0. The summed E-state index contributed by atoms with van der Waals surface area (Å²) in [6, 6.07) is 14.8. The summed E-state index contributed by atoms with van der Waals surface area (Å²) in [5.74, 6) is -0.201. The minimum absolute atomic E-state index is 0.0687. The van der Waals surface area contributed by atoms with Gasteiger partial charge in [0.25, 0.3) is 5.91 Å². The average molecular weight is 373 g/mol. The van der Waals surface area contributed by atoms with E-state index in [1.807, 2.05) is 41.8 Å². The van der Waals surface area contributed by atoms with Gasteiger partial charge in [0.2, 0.25) is 0 Å². The summed E-state index contributed by atoms with van der Waals surface area (Å²) in [5, 5.41) is 7.91. The fourth-order valence-electron chi connectivity index (χ4n) is 3.09. The molecule has 0 radical (unpaired) electrons. The van der Waals surface area contributed by atoms with Crippen LogP contribution in [0.3, 0.4) is 0 Å². The summed E-state index contributed by atoms with van der Waals surface area (Å²) in [6.07, 6.45) is 1.38. The standard InChI is InChI=1S/C20H11N3O3S/c24-18(23-17-13-7-8-27-19(13)22-10-21-17)15-9-14-12-4-2-1-3-11(12)5-6-16(14)26-20(15)25/h1-10H,(H,21,22,23,24). The minimum Gasteiger partial charge on any atom is -0.422 e. The first-order valence-electron chi connectivity index (χ1n) is 8.16. The lowest BCUT2D eigenvalue weighted by Crippen LogP contribution is -2.21. The molecule has 0 saturated heterocycles. The van der Waals surface area contributed by atoms with Crippen LogP contribution in [0.15, 0.2) is 69.5 Å². The summed E-state index contributed by atoms with van der Waals surface area (Å²) < 4.78 is 5.39. The van der Waals surface area contributed by atoms with E-state index in [0.717, 1.165) is 21.0 Å². The van der Waals surface area contributed by atoms with Crippen LogP contribution in [-0.4, -0.2) is 15.9 Å². The number of hydrogen-bond acceptors (Lipinski definition) is 6. The van der Waals surface area contributed by atoms with Gasteiger partial charge in [-0.2, -0.15) is 0 Å². The van der Waals surface area contributed by atoms with Gasteiger partial charge in [-0.1, -0.05) is 30.3 Å². The second kappa shape index (κ2) is 6.00. The van der Waals surface area contributed by atoms with Crippen LogP contribution in [0.2, 0.25) is 0 Å². The monoisotopic (exact) mass is 373 g/mol. The van der Waals surface area contributed by atoms with E-state index >= 15 is 0 Å². The summed E-state index contributed by atoms with van der Waals surface area (Å²) in [5.41, 5.74) is -0.316. The van der Waals surface area contributed by atoms with Crippen LogP contribution in [0, 0.1) is 0 Å². The molecule has 0 fully saturated rings. The van der Waals surface area contributed by atoms with Crippen molar-refractivity contribution < 1.29 is 9.21 Å². The number of carbonyl (C=O) groups excluding carboxylic acids is 1. The molecule has 7 heteroatoms. The maximum atomic E-state index is 12.8. The largest absolute Gasteiger partial charge is 0.422 e. The molecule has 1 amide bonds. The number of aromatic nitrogens is 2. The molecule has 0 bridgehead atoms. The van der Waals surface area contributed by atoms with E-state index in [2.05, 4.69) is 15.3 Å². The molecule has 3 aromatic heterocycles. The van der Waals surface area contributed by atoms with Crippen LogP contribution in [0.25, 0.3) is 32.0 Å². The van der Waals surface area contributed by atoms with E-state index in [4.69, 9.17) is 4.42 Å². The van der Waals surface area contributed by atoms with Crippen molar-refractivity contribution in [3.05, 3.63) is 76.2 Å². The van der Waals surface area contributed by atoms with Gasteiger partial charge in [0, 0.05) is 5.39 Å². The number of benzene rings is 2. The van der Waals surface area contributed by atoms with Crippen LogP contribution in [0.4, 0.5) is 5.82 Å². The van der Waals surface area contributed by atoms with E-state index in [9.17, 15) is 9.59 Å². The van der Waals surface area contributed by atoms with Crippen molar-refractivity contribution in [3.63, 3.8) is 0 Å². The van der Waals surface area contributed by atoms with Gasteiger partial charge in [0.15, 0.2) is 0 Å². The molecule has 2 aromatic carbocycles. The van der Waals surface area contributed by atoms with Crippen molar-refractivity contribution in [1.82, 2.24) is 9.97 Å². The number of nitrogens with one attached hydrogen (secondary N) is 1. The van der Waals surface area contributed by atoms with Crippen LogP contribution >= 0.6 is 11.3 Å². The Hall–Kier alpha value is -3.58. The van der Waals surface area contributed by atoms with Crippen molar-refractivity contribution in [1.29, 1.82) is 0 Å². The Labute approximate surface area is 156 Å². The molecule has 6 nitrogen and oxygen atoms in total. The number of thiophene rings is 1. The van der Waals surface area contributed by atoms with E-state index < -0.39 is 11.5 Å². The fraction of sp³-hybridized carbons (Fsp3) is 0. The molecule has 5 aromatic rings. The van der Waals surface area contributed by atoms with Crippen molar-refractivity contribution in [2.24, 2.45) is 0 Å². The Morgan fingerprint density at radius 2 is 1.89 bits per heavy atom. The van der Waals surface area contributed by atoms with E-state index in [0.29, 0.717) is 16.8 Å². The lowest BCUT2D eigenvalue weighted by Gasteiger charge is -2.07. The van der Waals surface area contributed by atoms with Crippen molar-refractivity contribution in [3.8, 4) is 0 Å². The molecule has 3 heterocycles. The highest BCUT2D eigenvalue weighted by atomic mass is 32.1. The number of nitrogens with zero attached hydrogens (tertiary/aromatic N) is 2. The minimum atomic E-state index is -0.689. The van der Waals surface area contributed by atoms with Gasteiger partial charge in [-0.3, -0.25) is 4.79 Å². The molecular formula is C20H11N3O3S. The predicted molar refractivity (Wildman–Crippen MR) is 105 cm³/mol. The van der Waals surface area contributed by atoms with Crippen molar-refractivity contribution in [2.45, 2.75) is 0 Å². The van der Waals surface area contributed by atoms with Gasteiger partial charge in [0.05, 0.1) is 5.39 Å². The lowest BCUT2D eigenvalue weighted by atomic mass is 10.0. The molecule has 0 aliphatic heterocycles. The van der Waals surface area contributed by atoms with Crippen LogP contribution < -0.4 is 10.9 Å². The highest BCUT2D eigenvalue weighted by Gasteiger charge is 2.17. The Kier molecular flexibility index (Phi) is 3.48. The first kappa shape index (κ1) is 15.7. The SMILES string of the molecule is O=C(Nc1ncnc2sccc12)c1cc2c(ccc3ccccc32)oc1=O. The number of fused-ring (bicyclic) bond motifs is 4. The molecule has 0 spiro atoms. The third-order valence-electron chi connectivity index (χ3n) is 4.38. The predicted octanol–water partition coefficient (Wildman–Crippen LogP) is 4.20. The van der Waals surface area contributed by atoms with E-state index in [1.54, 1.807) is 12.1 Å². The third-order valence-corrected chi connectivity index (χ3v) is 5.20. The topological polar surface area (TPSA) is 85.1 Å². The van der Waals surface area contributed by atoms with Crippen molar-refractivity contribution >= 4 is 55.0 Å². The molecular weight excluding hydrogens is 362 g/mol. The summed E-state index contributed by atoms with van der Waals surface area (Å²) in [7, 11) is 0. The molecule has 1 N–H and O–H groups in total. The van der Waals surface area contributed by atoms with Gasteiger partial charge in [-0.05, 0) is 34.4 Å². The Bertz CT molecular complexity index is 1400. The Morgan fingerprint density at radius 1 is 1.00 bits per heavy atom. The van der Waals surface area contributed by atoms with Gasteiger partial charge < -0.3 is 9.73 Å². The molecule has 0 atom stereocenters. The zero-order valence-electron chi connectivity index (χ0n) is 13.8. The molecule has 0 saturated carbocycles. The van der Waals surface area contributed by atoms with Gasteiger partial charge in [-0.25, -0.2) is 14.8 Å². The molecule has 130 valence electrons. The van der Waals surface area contributed by atoms with E-state index in [-0.39, 0.29) is 5.56 Å². The number of carbonyl (C=O) groups is 1. The number of amides is 1. The zero-order valence-corrected chi connectivity index (χ0v) is 14.6. The molecule has 5 rings (SSSR count). The smallest absolute Gasteiger partial charge is 0.349 e. The number of hydrogen-bond donors (Lipinski definition) is 1. The van der Waals surface area contributed by atoms with Crippen molar-refractivity contribution in [2.75, 3.05) is 5.32 Å². The maximum absolute atomic E-state index is 12.8. The fourth-order valence-corrected chi connectivity index (χ4v) is 3.83. The highest BCUT2D eigenvalue weighted by molar-refractivity contribution is 7.16. The van der Waals surface area contributed by atoms with Crippen LogP contribution in [-0.2, 0) is 0 Å². The van der Waals surface area contributed by atoms with E-state index in [1.165, 1.54) is 17.7 Å². The normalized spacial score (nSPS) is 11.3. The average Bonchev–Trinajstić information content (AvgIpc) is 3.17. The zero-order chi connectivity index (χ0) is 18.4. The summed E-state index contributed by atoms with van der Waals surface area (Å²) >= 11 is 1.45. The summed E-state index contributed by atoms with van der Waals surface area (Å²) in [4.78, 5) is 34.1. The molecule has 0 aliphatic rings. The highest BCUT2D eigenvalue weighted by Crippen LogP contribution is 2.26. The van der Waals surface area contributed by atoms with Gasteiger partial charge in [-0.15, -0.1) is 11.3 Å². The Balaban J connectivity index is 1.64. The molecule has 0 unspecified atom stereocenters. The molecule has 0 aliphatic carbocycles. The van der Waals surface area contributed by atoms with Crippen LogP contribution in [0.5, 0.6) is 0 Å². The maximum Gasteiger partial charge on any atom is 0.349 e. The second-order valence-corrected chi connectivity index (χ2v) is 6.86. The number of rotatable bonds is 2. The van der Waals surface area contributed by atoms with Gasteiger partial charge >= 0.3 is 5.63 Å². The molecule has 27 heavy (non-hydrogen) atoms.